The van der Waals surface area contributed by atoms with Crippen LogP contribution in [0.3, 0.4) is 0 Å². The molecule has 0 aromatic heterocycles. The summed E-state index contributed by atoms with van der Waals surface area (Å²) in [5.41, 5.74) is 5.85. The van der Waals surface area contributed by atoms with Crippen molar-refractivity contribution in [3.8, 4) is 0 Å². The topological polar surface area (TPSA) is 95.7 Å². The fourth-order valence-electron chi connectivity index (χ4n) is 3.10. The van der Waals surface area contributed by atoms with Gasteiger partial charge in [0.25, 0.3) is 0 Å². The van der Waals surface area contributed by atoms with Crippen LogP contribution < -0.4 is 5.73 Å². The third-order valence-electron chi connectivity index (χ3n) is 4.76. The Kier molecular flexibility index (Phi) is 17.0. The van der Waals surface area contributed by atoms with Gasteiger partial charge in [-0.25, -0.2) is 4.18 Å². The molecule has 1 atom stereocenters. The van der Waals surface area contributed by atoms with Crippen molar-refractivity contribution in [3.05, 3.63) is 0 Å². The number of rotatable bonds is 19. The first kappa shape index (κ1) is 26.3. The highest BCUT2D eigenvalue weighted by Gasteiger charge is 2.18. The largest absolute Gasteiger partial charge is 0.451 e. The van der Waals surface area contributed by atoms with Gasteiger partial charge in [0, 0.05) is 6.04 Å². The lowest BCUT2D eigenvalue weighted by Gasteiger charge is -2.10. The number of hydrogen-bond donors (Lipinski definition) is 1. The first-order chi connectivity index (χ1) is 12.9. The lowest BCUT2D eigenvalue weighted by Crippen LogP contribution is -2.26. The van der Waals surface area contributed by atoms with E-state index in [2.05, 4.69) is 15.3 Å². The molecule has 0 rings (SSSR count). The molecule has 6 nitrogen and oxygen atoms in total. The van der Waals surface area contributed by atoms with Gasteiger partial charge in [-0.15, -0.1) is 0 Å². The first-order valence-corrected chi connectivity index (χ1v) is 12.0. The highest BCUT2D eigenvalue weighted by atomic mass is 32.3. The van der Waals surface area contributed by atoms with E-state index in [1.165, 1.54) is 77.0 Å². The molecule has 0 heterocycles. The average Bonchev–Trinajstić information content (AvgIpc) is 2.61. The highest BCUT2D eigenvalue weighted by Crippen LogP contribution is 2.14. The van der Waals surface area contributed by atoms with Crippen LogP contribution >= 0.6 is 0 Å². The molecule has 0 aromatic carbocycles. The van der Waals surface area contributed by atoms with Crippen molar-refractivity contribution in [2.45, 2.75) is 116 Å². The van der Waals surface area contributed by atoms with Gasteiger partial charge in [-0.2, -0.15) is 8.42 Å². The van der Waals surface area contributed by atoms with E-state index in [9.17, 15) is 13.2 Å². The molecule has 1 unspecified atom stereocenters. The molecule has 0 fully saturated rings. The summed E-state index contributed by atoms with van der Waals surface area (Å²) in [5.74, 6) is -0.866. The Balaban J connectivity index is 3.38. The molecule has 0 aliphatic heterocycles. The van der Waals surface area contributed by atoms with Gasteiger partial charge in [0.15, 0.2) is 0 Å². The van der Waals surface area contributed by atoms with Crippen LogP contribution in [-0.4, -0.2) is 27.5 Å². The van der Waals surface area contributed by atoms with Gasteiger partial charge in [0.2, 0.25) is 0 Å². The Morgan fingerprint density at radius 2 is 1.22 bits per heavy atom. The van der Waals surface area contributed by atoms with Crippen molar-refractivity contribution in [3.63, 3.8) is 0 Å². The summed E-state index contributed by atoms with van der Waals surface area (Å²) in [7, 11) is -3.28. The summed E-state index contributed by atoms with van der Waals surface area (Å²) < 4.78 is 30.2. The van der Waals surface area contributed by atoms with Crippen LogP contribution in [0.15, 0.2) is 0 Å². The van der Waals surface area contributed by atoms with Gasteiger partial charge in [-0.3, -0.25) is 4.79 Å². The number of carbonyl (C=O) groups excluding carboxylic acids is 1. The Bertz CT molecular complexity index is 453. The first-order valence-electron chi connectivity index (χ1n) is 10.7. The molecule has 27 heavy (non-hydrogen) atoms. The molecule has 0 saturated carbocycles. The fourth-order valence-corrected chi connectivity index (χ4v) is 3.46. The molecule has 0 aliphatic carbocycles. The minimum absolute atomic E-state index is 0.110. The van der Waals surface area contributed by atoms with E-state index < -0.39 is 16.4 Å². The maximum Gasteiger partial charge on any atom is 0.451 e. The van der Waals surface area contributed by atoms with E-state index in [1.807, 2.05) is 0 Å². The van der Waals surface area contributed by atoms with E-state index >= 15 is 0 Å². The zero-order valence-corrected chi connectivity index (χ0v) is 18.2. The van der Waals surface area contributed by atoms with E-state index in [1.54, 1.807) is 0 Å². The predicted octanol–water partition coefficient (Wildman–Crippen LogP) is 5.01. The molecule has 0 spiro atoms. The Hall–Kier alpha value is -0.660. The van der Waals surface area contributed by atoms with Gasteiger partial charge in [-0.1, -0.05) is 96.8 Å². The Morgan fingerprint density at radius 3 is 1.63 bits per heavy atom. The predicted molar refractivity (Wildman–Crippen MR) is 110 cm³/mol. The summed E-state index contributed by atoms with van der Waals surface area (Å²) in [6, 6.07) is -0.373. The van der Waals surface area contributed by atoms with Crippen LogP contribution in [0.25, 0.3) is 0 Å². The molecular formula is C20H41NO5S. The standard InChI is InChI=1S/C20H41NO5S/c1-3-4-5-6-7-8-9-10-11-12-13-14-15-16-17-19(21)18-20(22)26-27(23,24)25-2/h19H,3-18,21H2,1-2H3. The van der Waals surface area contributed by atoms with Crippen LogP contribution in [0.2, 0.25) is 0 Å². The van der Waals surface area contributed by atoms with Crippen molar-refractivity contribution in [2.24, 2.45) is 5.73 Å². The van der Waals surface area contributed by atoms with Crippen LogP contribution in [0, 0.1) is 0 Å². The molecule has 2 N–H and O–H groups in total. The maximum absolute atomic E-state index is 11.4. The second-order valence-electron chi connectivity index (χ2n) is 7.38. The van der Waals surface area contributed by atoms with Crippen LogP contribution in [0.5, 0.6) is 0 Å². The second kappa shape index (κ2) is 17.4. The van der Waals surface area contributed by atoms with Gasteiger partial charge < -0.3 is 9.92 Å². The van der Waals surface area contributed by atoms with Crippen LogP contribution in [-0.2, 0) is 23.6 Å². The number of nitrogens with two attached hydrogens (primary N) is 1. The summed E-state index contributed by atoms with van der Waals surface area (Å²) in [6.45, 7) is 2.25. The molecule has 0 bridgehead atoms. The molecule has 162 valence electrons. The molecule has 0 amide bonds. The molecule has 0 saturated heterocycles. The van der Waals surface area contributed by atoms with E-state index in [0.717, 1.165) is 20.0 Å². The van der Waals surface area contributed by atoms with Crippen molar-refractivity contribution in [2.75, 3.05) is 7.11 Å². The van der Waals surface area contributed by atoms with Crippen LogP contribution in [0.4, 0.5) is 0 Å². The number of carbonyl (C=O) groups is 1. The van der Waals surface area contributed by atoms with Crippen molar-refractivity contribution in [1.82, 2.24) is 0 Å². The fraction of sp³-hybridized carbons (Fsp3) is 0.950. The summed E-state index contributed by atoms with van der Waals surface area (Å²) in [5, 5.41) is 0. The molecule has 7 heteroatoms. The second-order valence-corrected chi connectivity index (χ2v) is 8.70. The van der Waals surface area contributed by atoms with Gasteiger partial charge in [0.1, 0.15) is 0 Å². The van der Waals surface area contributed by atoms with E-state index in [4.69, 9.17) is 5.73 Å². The third-order valence-corrected chi connectivity index (χ3v) is 5.55. The summed E-state index contributed by atoms with van der Waals surface area (Å²) in [4.78, 5) is 11.4. The zero-order valence-electron chi connectivity index (χ0n) is 17.4. The third kappa shape index (κ3) is 18.5. The summed E-state index contributed by atoms with van der Waals surface area (Å²) >= 11 is 0. The number of unbranched alkanes of at least 4 members (excludes halogenated alkanes) is 13. The molecule has 0 radical (unpaired) electrons. The smallest absolute Gasteiger partial charge is 0.327 e. The molecule has 0 aromatic rings. The molecular weight excluding hydrogens is 366 g/mol. The Morgan fingerprint density at radius 1 is 0.815 bits per heavy atom. The van der Waals surface area contributed by atoms with Crippen molar-refractivity contribution < 1.29 is 21.6 Å². The highest BCUT2D eigenvalue weighted by molar-refractivity contribution is 7.82. The van der Waals surface area contributed by atoms with E-state index in [-0.39, 0.29) is 12.5 Å². The van der Waals surface area contributed by atoms with Crippen LogP contribution in [0.1, 0.15) is 110 Å². The van der Waals surface area contributed by atoms with Gasteiger partial charge in [0.05, 0.1) is 13.5 Å². The molecule has 0 aliphatic rings. The minimum Gasteiger partial charge on any atom is -0.327 e. The Labute approximate surface area is 166 Å². The lowest BCUT2D eigenvalue weighted by atomic mass is 10.0. The zero-order chi connectivity index (χ0) is 20.4. The lowest BCUT2D eigenvalue weighted by molar-refractivity contribution is -0.134. The SMILES string of the molecule is CCCCCCCCCCCCCCCCC(N)CC(=O)OS(=O)(=O)OC. The van der Waals surface area contributed by atoms with Gasteiger partial charge in [-0.05, 0) is 6.42 Å². The van der Waals surface area contributed by atoms with Crippen molar-refractivity contribution in [1.29, 1.82) is 0 Å². The van der Waals surface area contributed by atoms with Gasteiger partial charge >= 0.3 is 16.4 Å². The van der Waals surface area contributed by atoms with E-state index in [0.29, 0.717) is 6.42 Å². The quantitative estimate of drug-likeness (QED) is 0.302. The normalized spacial score (nSPS) is 12.9. The maximum atomic E-state index is 11.4. The number of hydrogen-bond acceptors (Lipinski definition) is 6. The summed E-state index contributed by atoms with van der Waals surface area (Å²) in [6.07, 6.45) is 18.7. The van der Waals surface area contributed by atoms with Crippen molar-refractivity contribution >= 4 is 16.4 Å². The average molecular weight is 408 g/mol. The monoisotopic (exact) mass is 407 g/mol. The minimum atomic E-state index is -4.22.